The summed E-state index contributed by atoms with van der Waals surface area (Å²) in [5.41, 5.74) is 1.30. The lowest BCUT2D eigenvalue weighted by atomic mass is 9.89. The first-order chi connectivity index (χ1) is 24.3. The van der Waals surface area contributed by atoms with Crippen molar-refractivity contribution in [3.63, 3.8) is 0 Å². The number of amides is 1. The zero-order valence-electron chi connectivity index (χ0n) is 28.7. The van der Waals surface area contributed by atoms with E-state index in [0.717, 1.165) is 18.2 Å². The normalized spacial score (nSPS) is 23.2. The lowest BCUT2D eigenvalue weighted by molar-refractivity contribution is -0.177. The number of carbonyl (C=O) groups is 1. The number of ether oxygens (including phenoxy) is 3. The highest BCUT2D eigenvalue weighted by atomic mass is 19.4. The number of nitrogens with one attached hydrogen (secondary N) is 2. The Hall–Kier alpha value is -3.81. The van der Waals surface area contributed by atoms with E-state index in [-0.39, 0.29) is 55.0 Å². The van der Waals surface area contributed by atoms with E-state index in [9.17, 15) is 44.3 Å². The summed E-state index contributed by atoms with van der Waals surface area (Å²) >= 11 is 0. The molecule has 0 aromatic heterocycles. The number of benzene rings is 2. The SMILES string of the molecule is CCOC(=O)N1c2ccc(C(F)(F)F)cc2[C@@H](N=C2NNN(CC3COC(CC)(CC)O3)N2Cc2cc(C(F)(F)F)cc(C(F)(F)F)c2)C[C@H]1CC. The molecule has 0 saturated carbocycles. The van der Waals surface area contributed by atoms with Crippen LogP contribution in [-0.2, 0) is 39.3 Å². The number of hydrogen-bond donors (Lipinski definition) is 2. The second kappa shape index (κ2) is 14.9. The van der Waals surface area contributed by atoms with Crippen molar-refractivity contribution in [1.29, 1.82) is 0 Å². The van der Waals surface area contributed by atoms with E-state index in [1.807, 2.05) is 13.8 Å². The molecule has 2 fully saturated rings. The van der Waals surface area contributed by atoms with Crippen LogP contribution in [-0.4, -0.2) is 59.9 Å². The standard InChI is InChI=1S/C33H39F9N6O4/c1-5-23-15-26(25-14-20(31(34,35)36)9-10-27(25)48(23)29(49)50-8-4)43-28-44-45-47(17-24-18-51-30(6-2,7-3)52-24)46(28)16-19-11-21(32(37,38)39)13-22(12-19)33(40,41)42/h9-14,23-24,26,45H,5-8,15-18H2,1-4H3,(H,43,44)/t23-,24?,26+/m1/s1. The number of rotatable bonds is 9. The van der Waals surface area contributed by atoms with Gasteiger partial charge in [-0.2, -0.15) is 39.5 Å². The molecule has 0 spiro atoms. The zero-order chi connectivity index (χ0) is 38.2. The number of anilines is 1. The van der Waals surface area contributed by atoms with Crippen LogP contribution in [0, 0.1) is 0 Å². The number of halogens is 9. The van der Waals surface area contributed by atoms with Gasteiger partial charge in [-0.3, -0.25) is 15.3 Å². The summed E-state index contributed by atoms with van der Waals surface area (Å²) in [6, 6.07) is 2.42. The van der Waals surface area contributed by atoms with Gasteiger partial charge in [0.15, 0.2) is 5.79 Å². The first-order valence-electron chi connectivity index (χ1n) is 16.7. The highest BCUT2D eigenvalue weighted by Crippen LogP contribution is 2.44. The van der Waals surface area contributed by atoms with Crippen LogP contribution in [0.15, 0.2) is 41.4 Å². The quantitative estimate of drug-likeness (QED) is 0.250. The minimum Gasteiger partial charge on any atom is -0.449 e. The highest BCUT2D eigenvalue weighted by Gasteiger charge is 2.44. The number of nitrogens with zero attached hydrogens (tertiary/aromatic N) is 4. The van der Waals surface area contributed by atoms with E-state index in [2.05, 4.69) is 11.0 Å². The van der Waals surface area contributed by atoms with Crippen molar-refractivity contribution < 1.29 is 58.5 Å². The third-order valence-electron chi connectivity index (χ3n) is 9.23. The lowest BCUT2D eigenvalue weighted by Gasteiger charge is -2.39. The summed E-state index contributed by atoms with van der Waals surface area (Å²) in [5.74, 6) is -1.00. The molecule has 288 valence electrons. The van der Waals surface area contributed by atoms with Gasteiger partial charge in [0.2, 0.25) is 5.96 Å². The first-order valence-corrected chi connectivity index (χ1v) is 16.7. The summed E-state index contributed by atoms with van der Waals surface area (Å²) in [4.78, 5) is 19.0. The molecule has 2 N–H and O–H groups in total. The summed E-state index contributed by atoms with van der Waals surface area (Å²) in [5, 5.41) is 2.60. The zero-order valence-corrected chi connectivity index (χ0v) is 28.7. The van der Waals surface area contributed by atoms with Gasteiger partial charge >= 0.3 is 24.6 Å². The largest absolute Gasteiger partial charge is 0.449 e. The van der Waals surface area contributed by atoms with E-state index < -0.39 is 71.8 Å². The monoisotopic (exact) mass is 754 g/mol. The molecule has 3 heterocycles. The second-order valence-electron chi connectivity index (χ2n) is 12.6. The van der Waals surface area contributed by atoms with Crippen molar-refractivity contribution >= 4 is 17.7 Å². The van der Waals surface area contributed by atoms with Crippen molar-refractivity contribution in [2.24, 2.45) is 4.99 Å². The Morgan fingerprint density at radius 2 is 1.56 bits per heavy atom. The molecular weight excluding hydrogens is 715 g/mol. The maximum absolute atomic E-state index is 13.9. The molecule has 10 nitrogen and oxygen atoms in total. The van der Waals surface area contributed by atoms with Crippen LogP contribution in [0.5, 0.6) is 0 Å². The number of aliphatic imine (C=N–C) groups is 1. The van der Waals surface area contributed by atoms with Crippen LogP contribution < -0.4 is 15.9 Å². The van der Waals surface area contributed by atoms with Gasteiger partial charge in [0, 0.05) is 11.6 Å². The Balaban J connectivity index is 1.59. The number of guanidine groups is 1. The maximum Gasteiger partial charge on any atom is 0.416 e. The van der Waals surface area contributed by atoms with Gasteiger partial charge in [-0.1, -0.05) is 20.8 Å². The molecule has 2 aromatic carbocycles. The molecule has 5 rings (SSSR count). The maximum atomic E-state index is 13.9. The average Bonchev–Trinajstić information content (AvgIpc) is 3.66. The van der Waals surface area contributed by atoms with Crippen LogP contribution in [0.25, 0.3) is 0 Å². The number of fused-ring (bicyclic) bond motifs is 1. The van der Waals surface area contributed by atoms with E-state index in [1.54, 1.807) is 13.8 Å². The molecule has 1 amide bonds. The molecule has 19 heteroatoms. The second-order valence-corrected chi connectivity index (χ2v) is 12.6. The molecule has 52 heavy (non-hydrogen) atoms. The van der Waals surface area contributed by atoms with Gasteiger partial charge in [0.25, 0.3) is 0 Å². The van der Waals surface area contributed by atoms with Gasteiger partial charge in [0.1, 0.15) is 6.10 Å². The Kier molecular flexibility index (Phi) is 11.3. The molecule has 1 unspecified atom stereocenters. The predicted molar refractivity (Wildman–Crippen MR) is 169 cm³/mol. The molecule has 3 aliphatic rings. The number of hydrazine groups is 3. The van der Waals surface area contributed by atoms with Crippen molar-refractivity contribution in [2.45, 2.75) is 102 Å². The van der Waals surface area contributed by atoms with E-state index in [0.29, 0.717) is 31.4 Å². The van der Waals surface area contributed by atoms with Crippen molar-refractivity contribution in [2.75, 3.05) is 24.7 Å². The van der Waals surface area contributed by atoms with Crippen LogP contribution in [0.4, 0.5) is 50.0 Å². The molecule has 2 saturated heterocycles. The third kappa shape index (κ3) is 8.36. The Labute approximate surface area is 293 Å². The lowest BCUT2D eigenvalue weighted by Crippen LogP contribution is -2.48. The number of alkyl halides is 9. The minimum absolute atomic E-state index is 0.00677. The van der Waals surface area contributed by atoms with E-state index in [4.69, 9.17) is 19.2 Å². The van der Waals surface area contributed by atoms with Gasteiger partial charge in [-0.15, -0.1) is 10.7 Å². The summed E-state index contributed by atoms with van der Waals surface area (Å²) in [7, 11) is 0. The van der Waals surface area contributed by atoms with Crippen LogP contribution in [0.3, 0.4) is 0 Å². The summed E-state index contributed by atoms with van der Waals surface area (Å²) in [6.07, 6.45) is -15.0. The molecule has 2 aromatic rings. The Morgan fingerprint density at radius 1 is 0.923 bits per heavy atom. The smallest absolute Gasteiger partial charge is 0.416 e. The number of carbonyl (C=O) groups excluding carboxylic acids is 1. The molecule has 3 atom stereocenters. The molecule has 0 radical (unpaired) electrons. The molecular formula is C33H39F9N6O4. The highest BCUT2D eigenvalue weighted by molar-refractivity contribution is 5.90. The predicted octanol–water partition coefficient (Wildman–Crippen LogP) is 7.96. The van der Waals surface area contributed by atoms with Gasteiger partial charge in [0.05, 0.1) is 54.7 Å². The van der Waals surface area contributed by atoms with Gasteiger partial charge < -0.3 is 14.2 Å². The van der Waals surface area contributed by atoms with Crippen LogP contribution in [0.1, 0.15) is 87.2 Å². The number of hydrogen-bond acceptors (Lipinski definition) is 7. The summed E-state index contributed by atoms with van der Waals surface area (Å²) < 4.78 is 142. The Morgan fingerprint density at radius 3 is 2.10 bits per heavy atom. The van der Waals surface area contributed by atoms with Crippen molar-refractivity contribution in [1.82, 2.24) is 21.1 Å². The van der Waals surface area contributed by atoms with Crippen molar-refractivity contribution in [3.8, 4) is 0 Å². The molecule has 3 aliphatic heterocycles. The average molecular weight is 755 g/mol. The molecule has 0 aliphatic carbocycles. The van der Waals surface area contributed by atoms with E-state index in [1.165, 1.54) is 15.0 Å². The van der Waals surface area contributed by atoms with Crippen LogP contribution in [0.2, 0.25) is 0 Å². The van der Waals surface area contributed by atoms with Gasteiger partial charge in [-0.05, 0) is 74.6 Å². The fourth-order valence-electron chi connectivity index (χ4n) is 6.52. The minimum atomic E-state index is -5.10. The third-order valence-corrected chi connectivity index (χ3v) is 9.23. The fourth-order valence-corrected chi connectivity index (χ4v) is 6.52. The van der Waals surface area contributed by atoms with Crippen LogP contribution >= 0.6 is 0 Å². The Bertz CT molecular complexity index is 1600. The van der Waals surface area contributed by atoms with Gasteiger partial charge in [-0.25, -0.2) is 9.79 Å². The molecule has 0 bridgehead atoms. The van der Waals surface area contributed by atoms with E-state index >= 15 is 0 Å². The summed E-state index contributed by atoms with van der Waals surface area (Å²) in [6.45, 7) is 6.61. The topological polar surface area (TPSA) is 90.9 Å². The van der Waals surface area contributed by atoms with Crippen molar-refractivity contribution in [3.05, 3.63) is 64.2 Å². The fraction of sp³-hybridized carbons (Fsp3) is 0.576. The first kappa shape index (κ1) is 39.4.